The minimum Gasteiger partial charge on any atom is -0.395 e. The number of rotatable bonds is 4. The van der Waals surface area contributed by atoms with Gasteiger partial charge in [0.05, 0.1) is 6.61 Å². The predicted octanol–water partition coefficient (Wildman–Crippen LogP) is 0.419. The zero-order valence-corrected chi connectivity index (χ0v) is 12.6. The van der Waals surface area contributed by atoms with E-state index in [1.807, 2.05) is 4.90 Å². The molecule has 1 heterocycles. The molecule has 0 atom stereocenters. The van der Waals surface area contributed by atoms with E-state index >= 15 is 0 Å². The van der Waals surface area contributed by atoms with E-state index in [-0.39, 0.29) is 24.5 Å². The summed E-state index contributed by atoms with van der Waals surface area (Å²) >= 11 is 0. The highest BCUT2D eigenvalue weighted by molar-refractivity contribution is 5.79. The SMILES string of the molecule is CN1CCC(N(CCO)C(=O)C2CCC(N)CC2)CC1. The molecule has 0 aromatic rings. The highest BCUT2D eigenvalue weighted by Gasteiger charge is 2.32. The van der Waals surface area contributed by atoms with Crippen LogP contribution in [0.1, 0.15) is 38.5 Å². The molecule has 0 aromatic carbocycles. The van der Waals surface area contributed by atoms with Gasteiger partial charge in [0, 0.05) is 24.5 Å². The van der Waals surface area contributed by atoms with Crippen molar-refractivity contribution < 1.29 is 9.90 Å². The molecule has 1 saturated carbocycles. The second-order valence-electron chi connectivity index (χ2n) is 6.40. The molecular weight excluding hydrogens is 254 g/mol. The van der Waals surface area contributed by atoms with E-state index < -0.39 is 0 Å². The van der Waals surface area contributed by atoms with Gasteiger partial charge in [-0.1, -0.05) is 0 Å². The van der Waals surface area contributed by atoms with Gasteiger partial charge in [-0.3, -0.25) is 4.79 Å². The Bertz CT molecular complexity index is 308. The molecule has 0 spiro atoms. The first-order chi connectivity index (χ1) is 9.61. The normalized spacial score (nSPS) is 29.4. The number of carbonyl (C=O) groups is 1. The molecule has 0 radical (unpaired) electrons. The van der Waals surface area contributed by atoms with Gasteiger partial charge in [-0.05, 0) is 58.7 Å². The number of aliphatic hydroxyl groups is 1. The molecule has 5 heteroatoms. The van der Waals surface area contributed by atoms with E-state index in [0.29, 0.717) is 12.6 Å². The second-order valence-corrected chi connectivity index (χ2v) is 6.40. The maximum Gasteiger partial charge on any atom is 0.226 e. The first kappa shape index (κ1) is 15.7. The monoisotopic (exact) mass is 283 g/mol. The Kier molecular flexibility index (Phi) is 5.81. The van der Waals surface area contributed by atoms with Gasteiger partial charge in [-0.2, -0.15) is 0 Å². The van der Waals surface area contributed by atoms with E-state index in [1.54, 1.807) is 0 Å². The summed E-state index contributed by atoms with van der Waals surface area (Å²) in [5.74, 6) is 0.376. The van der Waals surface area contributed by atoms with Crippen LogP contribution in [0.5, 0.6) is 0 Å². The summed E-state index contributed by atoms with van der Waals surface area (Å²) in [7, 11) is 2.12. The van der Waals surface area contributed by atoms with Crippen molar-refractivity contribution in [3.8, 4) is 0 Å². The number of hydrogen-bond acceptors (Lipinski definition) is 4. The molecule has 1 saturated heterocycles. The van der Waals surface area contributed by atoms with Crippen LogP contribution >= 0.6 is 0 Å². The van der Waals surface area contributed by atoms with Crippen molar-refractivity contribution in [2.24, 2.45) is 11.7 Å². The highest BCUT2D eigenvalue weighted by atomic mass is 16.3. The van der Waals surface area contributed by atoms with E-state index in [2.05, 4.69) is 11.9 Å². The molecule has 0 aromatic heterocycles. The summed E-state index contributed by atoms with van der Waals surface area (Å²) in [6.45, 7) is 2.62. The van der Waals surface area contributed by atoms with E-state index in [1.165, 1.54) is 0 Å². The molecular formula is C15H29N3O2. The first-order valence-electron chi connectivity index (χ1n) is 7.97. The molecule has 1 aliphatic heterocycles. The highest BCUT2D eigenvalue weighted by Crippen LogP contribution is 2.27. The van der Waals surface area contributed by atoms with Crippen LogP contribution in [-0.2, 0) is 4.79 Å². The van der Waals surface area contributed by atoms with Crippen molar-refractivity contribution in [3.63, 3.8) is 0 Å². The van der Waals surface area contributed by atoms with Crippen molar-refractivity contribution in [1.29, 1.82) is 0 Å². The summed E-state index contributed by atoms with van der Waals surface area (Å²) < 4.78 is 0. The zero-order chi connectivity index (χ0) is 14.5. The minimum atomic E-state index is 0.0598. The van der Waals surface area contributed by atoms with Gasteiger partial charge in [0.2, 0.25) is 5.91 Å². The summed E-state index contributed by atoms with van der Waals surface area (Å²) in [6.07, 6.45) is 5.78. The fourth-order valence-electron chi connectivity index (χ4n) is 3.49. The van der Waals surface area contributed by atoms with Crippen molar-refractivity contribution in [2.45, 2.75) is 50.6 Å². The van der Waals surface area contributed by atoms with Crippen LogP contribution in [0, 0.1) is 5.92 Å². The van der Waals surface area contributed by atoms with Crippen molar-refractivity contribution in [1.82, 2.24) is 9.80 Å². The molecule has 2 aliphatic rings. The van der Waals surface area contributed by atoms with Crippen molar-refractivity contribution in [3.05, 3.63) is 0 Å². The van der Waals surface area contributed by atoms with Crippen LogP contribution in [0.15, 0.2) is 0 Å². The number of nitrogens with two attached hydrogens (primary N) is 1. The molecule has 1 amide bonds. The molecule has 116 valence electrons. The third-order valence-corrected chi connectivity index (χ3v) is 4.87. The fraction of sp³-hybridized carbons (Fsp3) is 0.933. The molecule has 2 rings (SSSR count). The van der Waals surface area contributed by atoms with E-state index in [0.717, 1.165) is 51.6 Å². The largest absolute Gasteiger partial charge is 0.395 e. The van der Waals surface area contributed by atoms with Crippen LogP contribution in [-0.4, -0.2) is 66.2 Å². The van der Waals surface area contributed by atoms with Crippen LogP contribution in [0.4, 0.5) is 0 Å². The number of amides is 1. The number of piperidine rings is 1. The van der Waals surface area contributed by atoms with Crippen molar-refractivity contribution in [2.75, 3.05) is 33.3 Å². The Hall–Kier alpha value is -0.650. The van der Waals surface area contributed by atoms with Gasteiger partial charge in [-0.25, -0.2) is 0 Å². The molecule has 0 bridgehead atoms. The number of aliphatic hydroxyl groups excluding tert-OH is 1. The lowest BCUT2D eigenvalue weighted by molar-refractivity contribution is -0.140. The van der Waals surface area contributed by atoms with Crippen molar-refractivity contribution >= 4 is 5.91 Å². The fourth-order valence-corrected chi connectivity index (χ4v) is 3.49. The molecule has 2 fully saturated rings. The maximum absolute atomic E-state index is 12.7. The number of carbonyl (C=O) groups excluding carboxylic acids is 1. The maximum atomic E-state index is 12.7. The Morgan fingerprint density at radius 2 is 1.80 bits per heavy atom. The Morgan fingerprint density at radius 3 is 2.35 bits per heavy atom. The third kappa shape index (κ3) is 3.93. The molecule has 20 heavy (non-hydrogen) atoms. The predicted molar refractivity (Wildman–Crippen MR) is 79.3 cm³/mol. The molecule has 0 unspecified atom stereocenters. The van der Waals surface area contributed by atoms with Gasteiger partial charge >= 0.3 is 0 Å². The Labute approximate surface area is 122 Å². The van der Waals surface area contributed by atoms with Gasteiger partial charge in [0.1, 0.15) is 0 Å². The molecule has 1 aliphatic carbocycles. The van der Waals surface area contributed by atoms with E-state index in [4.69, 9.17) is 5.73 Å². The van der Waals surface area contributed by atoms with Gasteiger partial charge < -0.3 is 20.6 Å². The van der Waals surface area contributed by atoms with Gasteiger partial charge in [0.15, 0.2) is 0 Å². The summed E-state index contributed by atoms with van der Waals surface area (Å²) in [6, 6.07) is 0.579. The lowest BCUT2D eigenvalue weighted by Gasteiger charge is -2.39. The van der Waals surface area contributed by atoms with Gasteiger partial charge in [0.25, 0.3) is 0 Å². The lowest BCUT2D eigenvalue weighted by Crippen LogP contribution is -2.50. The van der Waals surface area contributed by atoms with Crippen LogP contribution in [0.2, 0.25) is 0 Å². The minimum absolute atomic E-state index is 0.0598. The topological polar surface area (TPSA) is 69.8 Å². The Morgan fingerprint density at radius 1 is 1.20 bits per heavy atom. The van der Waals surface area contributed by atoms with E-state index in [9.17, 15) is 9.90 Å². The quantitative estimate of drug-likeness (QED) is 0.784. The average Bonchev–Trinajstić information content (AvgIpc) is 2.46. The summed E-state index contributed by atoms with van der Waals surface area (Å²) in [5, 5.41) is 9.28. The number of likely N-dealkylation sites (tertiary alicyclic amines) is 1. The summed E-state index contributed by atoms with van der Waals surface area (Å²) in [5.41, 5.74) is 5.92. The molecule has 5 nitrogen and oxygen atoms in total. The first-order valence-corrected chi connectivity index (χ1v) is 7.97. The zero-order valence-electron chi connectivity index (χ0n) is 12.6. The number of hydrogen-bond donors (Lipinski definition) is 2. The van der Waals surface area contributed by atoms with Crippen LogP contribution < -0.4 is 5.73 Å². The molecule has 3 N–H and O–H groups in total. The lowest BCUT2D eigenvalue weighted by atomic mass is 9.85. The smallest absolute Gasteiger partial charge is 0.226 e. The Balaban J connectivity index is 1.94. The van der Waals surface area contributed by atoms with Crippen LogP contribution in [0.25, 0.3) is 0 Å². The summed E-state index contributed by atoms with van der Waals surface area (Å²) in [4.78, 5) is 17.0. The third-order valence-electron chi connectivity index (χ3n) is 4.87. The number of nitrogens with zero attached hydrogens (tertiary/aromatic N) is 2. The average molecular weight is 283 g/mol. The van der Waals surface area contributed by atoms with Crippen LogP contribution in [0.3, 0.4) is 0 Å². The van der Waals surface area contributed by atoms with Gasteiger partial charge in [-0.15, -0.1) is 0 Å². The second kappa shape index (κ2) is 7.38. The standard InChI is InChI=1S/C15H29N3O2/c1-17-8-6-14(7-9-17)18(10-11-19)15(20)12-2-4-13(16)5-3-12/h12-14,19H,2-11,16H2,1H3.